The second-order valence-electron chi connectivity index (χ2n) is 5.91. The SMILES string of the molecule is NC(=O)C(O)C(O)C(=O)N(C1CCCC1)C1CCCC1. The van der Waals surface area contributed by atoms with Crippen LogP contribution in [-0.4, -0.2) is 51.2 Å². The highest BCUT2D eigenvalue weighted by molar-refractivity contribution is 5.90. The van der Waals surface area contributed by atoms with Crippen molar-refractivity contribution in [3.8, 4) is 0 Å². The number of nitrogens with two attached hydrogens (primary N) is 1. The summed E-state index contributed by atoms with van der Waals surface area (Å²) >= 11 is 0. The number of aliphatic hydroxyl groups excluding tert-OH is 2. The Hall–Kier alpha value is -1.14. The lowest BCUT2D eigenvalue weighted by Gasteiger charge is -2.36. The van der Waals surface area contributed by atoms with Gasteiger partial charge in [0.15, 0.2) is 12.2 Å². The van der Waals surface area contributed by atoms with Gasteiger partial charge in [-0.2, -0.15) is 0 Å². The summed E-state index contributed by atoms with van der Waals surface area (Å²) in [5.74, 6) is -1.61. The molecule has 2 aliphatic carbocycles. The molecule has 0 aromatic heterocycles. The van der Waals surface area contributed by atoms with Gasteiger partial charge >= 0.3 is 0 Å². The highest BCUT2D eigenvalue weighted by atomic mass is 16.3. The van der Waals surface area contributed by atoms with Gasteiger partial charge in [-0.05, 0) is 25.7 Å². The number of nitrogens with zero attached hydrogens (tertiary/aromatic N) is 1. The number of aliphatic hydroxyl groups is 2. The van der Waals surface area contributed by atoms with Gasteiger partial charge in [0.1, 0.15) is 0 Å². The zero-order valence-corrected chi connectivity index (χ0v) is 11.7. The van der Waals surface area contributed by atoms with Crippen LogP contribution >= 0.6 is 0 Å². The van der Waals surface area contributed by atoms with Crippen LogP contribution in [-0.2, 0) is 9.59 Å². The van der Waals surface area contributed by atoms with E-state index in [0.717, 1.165) is 51.4 Å². The molecule has 0 saturated heterocycles. The van der Waals surface area contributed by atoms with E-state index in [1.165, 1.54) is 0 Å². The molecule has 2 amide bonds. The molecule has 0 bridgehead atoms. The van der Waals surface area contributed by atoms with E-state index in [-0.39, 0.29) is 12.1 Å². The first kappa shape index (κ1) is 15.3. The molecular weight excluding hydrogens is 260 g/mol. The highest BCUT2D eigenvalue weighted by Crippen LogP contribution is 2.32. The van der Waals surface area contributed by atoms with Gasteiger partial charge in [-0.1, -0.05) is 25.7 Å². The maximum atomic E-state index is 12.5. The minimum absolute atomic E-state index is 0.125. The van der Waals surface area contributed by atoms with Crippen LogP contribution in [0.5, 0.6) is 0 Å². The van der Waals surface area contributed by atoms with Crippen molar-refractivity contribution in [3.63, 3.8) is 0 Å². The number of hydrogen-bond donors (Lipinski definition) is 3. The second-order valence-corrected chi connectivity index (χ2v) is 5.91. The molecule has 0 radical (unpaired) electrons. The fourth-order valence-corrected chi connectivity index (χ4v) is 3.47. The van der Waals surface area contributed by atoms with E-state index in [2.05, 4.69) is 0 Å². The van der Waals surface area contributed by atoms with Gasteiger partial charge in [-0.15, -0.1) is 0 Å². The topological polar surface area (TPSA) is 104 Å². The molecule has 2 atom stereocenters. The molecule has 2 rings (SSSR count). The Kier molecular flexibility index (Phi) is 4.99. The van der Waals surface area contributed by atoms with Crippen LogP contribution in [0.3, 0.4) is 0 Å². The number of hydrogen-bond acceptors (Lipinski definition) is 4. The highest BCUT2D eigenvalue weighted by Gasteiger charge is 2.39. The first-order chi connectivity index (χ1) is 9.52. The van der Waals surface area contributed by atoms with E-state index in [1.807, 2.05) is 0 Å². The molecule has 2 fully saturated rings. The van der Waals surface area contributed by atoms with E-state index in [0.29, 0.717) is 0 Å². The van der Waals surface area contributed by atoms with Crippen molar-refractivity contribution in [2.45, 2.75) is 75.7 Å². The van der Waals surface area contributed by atoms with E-state index in [4.69, 9.17) is 5.73 Å². The lowest BCUT2D eigenvalue weighted by Crippen LogP contribution is -2.54. The summed E-state index contributed by atoms with van der Waals surface area (Å²) in [5, 5.41) is 19.4. The summed E-state index contributed by atoms with van der Waals surface area (Å²) in [6, 6.07) is 0.251. The van der Waals surface area contributed by atoms with Crippen molar-refractivity contribution in [3.05, 3.63) is 0 Å². The Balaban J connectivity index is 2.12. The monoisotopic (exact) mass is 284 g/mol. The Morgan fingerprint density at radius 2 is 1.30 bits per heavy atom. The number of carbonyl (C=O) groups excluding carboxylic acids is 2. The first-order valence-electron chi connectivity index (χ1n) is 7.50. The Labute approximate surface area is 118 Å². The summed E-state index contributed by atoms with van der Waals surface area (Å²) in [6.07, 6.45) is 4.48. The van der Waals surface area contributed by atoms with Crippen LogP contribution in [0.1, 0.15) is 51.4 Å². The van der Waals surface area contributed by atoms with E-state index >= 15 is 0 Å². The molecule has 0 heterocycles. The van der Waals surface area contributed by atoms with Gasteiger partial charge in [0.2, 0.25) is 5.91 Å². The van der Waals surface area contributed by atoms with Crippen LogP contribution < -0.4 is 5.73 Å². The van der Waals surface area contributed by atoms with Crippen LogP contribution in [0.2, 0.25) is 0 Å². The number of primary amides is 1. The summed E-state index contributed by atoms with van der Waals surface area (Å²) in [7, 11) is 0. The van der Waals surface area contributed by atoms with Crippen molar-refractivity contribution in [2.24, 2.45) is 5.73 Å². The van der Waals surface area contributed by atoms with Crippen molar-refractivity contribution in [2.75, 3.05) is 0 Å². The predicted molar refractivity (Wildman–Crippen MR) is 72.6 cm³/mol. The van der Waals surface area contributed by atoms with Crippen LogP contribution in [0.4, 0.5) is 0 Å². The lowest BCUT2D eigenvalue weighted by molar-refractivity contribution is -0.156. The van der Waals surface area contributed by atoms with Gasteiger partial charge < -0.3 is 20.8 Å². The van der Waals surface area contributed by atoms with Crippen LogP contribution in [0.15, 0.2) is 0 Å². The molecule has 2 saturated carbocycles. The molecule has 114 valence electrons. The van der Waals surface area contributed by atoms with Gasteiger partial charge in [0.05, 0.1) is 0 Å². The molecule has 2 unspecified atom stereocenters. The standard InChI is InChI=1S/C14H24N2O4/c15-13(19)11(17)12(18)14(20)16(9-5-1-2-6-9)10-7-3-4-8-10/h9-12,17-18H,1-8H2,(H2,15,19). The average molecular weight is 284 g/mol. The van der Waals surface area contributed by atoms with E-state index in [1.54, 1.807) is 4.90 Å². The third-order valence-electron chi connectivity index (χ3n) is 4.53. The largest absolute Gasteiger partial charge is 0.380 e. The van der Waals surface area contributed by atoms with E-state index in [9.17, 15) is 19.8 Å². The Bertz CT molecular complexity index is 346. The fraction of sp³-hybridized carbons (Fsp3) is 0.857. The fourth-order valence-electron chi connectivity index (χ4n) is 3.47. The summed E-state index contributed by atoms with van der Waals surface area (Å²) in [6.45, 7) is 0. The molecular formula is C14H24N2O4. The summed E-state index contributed by atoms with van der Waals surface area (Å²) in [5.41, 5.74) is 4.96. The third-order valence-corrected chi connectivity index (χ3v) is 4.53. The van der Waals surface area contributed by atoms with Gasteiger partial charge in [-0.25, -0.2) is 0 Å². The van der Waals surface area contributed by atoms with Gasteiger partial charge in [-0.3, -0.25) is 9.59 Å². The summed E-state index contributed by atoms with van der Waals surface area (Å²) < 4.78 is 0. The normalized spacial score (nSPS) is 23.7. The van der Waals surface area contributed by atoms with Gasteiger partial charge in [0.25, 0.3) is 5.91 Å². The maximum absolute atomic E-state index is 12.5. The number of carbonyl (C=O) groups is 2. The summed E-state index contributed by atoms with van der Waals surface area (Å²) in [4.78, 5) is 25.2. The number of rotatable bonds is 5. The average Bonchev–Trinajstić information content (AvgIpc) is 3.10. The van der Waals surface area contributed by atoms with Crippen LogP contribution in [0, 0.1) is 0 Å². The Morgan fingerprint density at radius 1 is 0.900 bits per heavy atom. The van der Waals surface area contributed by atoms with Crippen molar-refractivity contribution in [1.82, 2.24) is 4.90 Å². The molecule has 0 spiro atoms. The quantitative estimate of drug-likeness (QED) is 0.656. The molecule has 2 aliphatic rings. The van der Waals surface area contributed by atoms with Crippen LogP contribution in [0.25, 0.3) is 0 Å². The predicted octanol–water partition coefficient (Wildman–Crippen LogP) is -0.0927. The molecule has 0 aromatic rings. The second kappa shape index (κ2) is 6.54. The molecule has 4 N–H and O–H groups in total. The maximum Gasteiger partial charge on any atom is 0.255 e. The zero-order chi connectivity index (χ0) is 14.7. The third kappa shape index (κ3) is 3.12. The lowest BCUT2D eigenvalue weighted by atomic mass is 10.1. The molecule has 0 aromatic carbocycles. The van der Waals surface area contributed by atoms with Gasteiger partial charge in [0, 0.05) is 12.1 Å². The van der Waals surface area contributed by atoms with Crippen molar-refractivity contribution in [1.29, 1.82) is 0 Å². The van der Waals surface area contributed by atoms with Crippen molar-refractivity contribution < 1.29 is 19.8 Å². The molecule has 6 nitrogen and oxygen atoms in total. The molecule has 20 heavy (non-hydrogen) atoms. The Morgan fingerprint density at radius 3 is 1.65 bits per heavy atom. The number of amides is 2. The first-order valence-corrected chi connectivity index (χ1v) is 7.50. The zero-order valence-electron chi connectivity index (χ0n) is 11.7. The van der Waals surface area contributed by atoms with E-state index < -0.39 is 24.0 Å². The van der Waals surface area contributed by atoms with Crippen molar-refractivity contribution >= 4 is 11.8 Å². The minimum Gasteiger partial charge on any atom is -0.380 e. The minimum atomic E-state index is -1.83. The molecule has 6 heteroatoms. The smallest absolute Gasteiger partial charge is 0.255 e. The molecule has 0 aliphatic heterocycles.